The Morgan fingerprint density at radius 1 is 1.00 bits per heavy atom. The van der Waals surface area contributed by atoms with E-state index in [9.17, 15) is 19.5 Å². The maximum Gasteiger partial charge on any atom is 0.342 e. The van der Waals surface area contributed by atoms with Crippen LogP contribution in [0.2, 0.25) is 0 Å². The lowest BCUT2D eigenvalue weighted by Crippen LogP contribution is -2.35. The van der Waals surface area contributed by atoms with Crippen molar-refractivity contribution in [2.24, 2.45) is 0 Å². The zero-order chi connectivity index (χ0) is 21.6. The van der Waals surface area contributed by atoms with Crippen LogP contribution in [-0.4, -0.2) is 43.2 Å². The topological polar surface area (TPSA) is 114 Å². The third-order valence-corrected chi connectivity index (χ3v) is 4.15. The van der Waals surface area contributed by atoms with Crippen molar-refractivity contribution in [1.82, 2.24) is 5.32 Å². The third-order valence-electron chi connectivity index (χ3n) is 4.15. The molecule has 0 aliphatic rings. The van der Waals surface area contributed by atoms with Crippen molar-refractivity contribution in [3.63, 3.8) is 0 Å². The first-order chi connectivity index (χ1) is 13.7. The minimum atomic E-state index is -0.882. The number of anilines is 1. The van der Waals surface area contributed by atoms with E-state index in [-0.39, 0.29) is 17.9 Å². The number of aryl methyl sites for hydroxylation is 3. The second kappa shape index (κ2) is 9.59. The number of methoxy groups -OCH3 is 1. The Morgan fingerprint density at radius 2 is 1.66 bits per heavy atom. The van der Waals surface area contributed by atoms with Crippen molar-refractivity contribution in [2.75, 3.05) is 25.6 Å². The lowest BCUT2D eigenvalue weighted by Gasteiger charge is -2.13. The van der Waals surface area contributed by atoms with Crippen LogP contribution in [0.3, 0.4) is 0 Å². The van der Waals surface area contributed by atoms with E-state index in [0.29, 0.717) is 11.4 Å². The highest BCUT2D eigenvalue weighted by atomic mass is 16.5. The average molecular weight is 400 g/mol. The monoisotopic (exact) mass is 400 g/mol. The highest BCUT2D eigenvalue weighted by Crippen LogP contribution is 2.23. The van der Waals surface area contributed by atoms with Gasteiger partial charge in [0.1, 0.15) is 17.1 Å². The lowest BCUT2D eigenvalue weighted by atomic mass is 10.1. The van der Waals surface area contributed by atoms with E-state index in [0.717, 1.165) is 16.7 Å². The first-order valence-corrected chi connectivity index (χ1v) is 8.89. The first-order valence-electron chi connectivity index (χ1n) is 8.89. The van der Waals surface area contributed by atoms with Crippen LogP contribution in [-0.2, 0) is 14.3 Å². The van der Waals surface area contributed by atoms with Gasteiger partial charge in [0.25, 0.3) is 5.91 Å². The fourth-order valence-corrected chi connectivity index (χ4v) is 2.81. The quantitative estimate of drug-likeness (QED) is 0.614. The summed E-state index contributed by atoms with van der Waals surface area (Å²) in [5.74, 6) is -1.86. The van der Waals surface area contributed by atoms with E-state index < -0.39 is 24.4 Å². The van der Waals surface area contributed by atoms with E-state index in [1.54, 1.807) is 0 Å². The molecule has 154 valence electrons. The van der Waals surface area contributed by atoms with Crippen molar-refractivity contribution in [2.45, 2.75) is 20.8 Å². The van der Waals surface area contributed by atoms with Crippen molar-refractivity contribution in [3.8, 4) is 11.5 Å². The summed E-state index contributed by atoms with van der Waals surface area (Å²) in [4.78, 5) is 36.0. The zero-order valence-corrected chi connectivity index (χ0v) is 16.8. The number of carbonyl (C=O) groups is 3. The Hall–Kier alpha value is -3.55. The van der Waals surface area contributed by atoms with Gasteiger partial charge in [-0.1, -0.05) is 17.7 Å². The van der Waals surface area contributed by atoms with Crippen molar-refractivity contribution in [3.05, 3.63) is 52.6 Å². The van der Waals surface area contributed by atoms with Crippen LogP contribution in [0.1, 0.15) is 27.0 Å². The predicted molar refractivity (Wildman–Crippen MR) is 107 cm³/mol. The smallest absolute Gasteiger partial charge is 0.342 e. The number of rotatable bonds is 7. The minimum absolute atomic E-state index is 0.125. The number of aromatic hydroxyl groups is 1. The Kier molecular flexibility index (Phi) is 7.19. The maximum absolute atomic E-state index is 12.1. The predicted octanol–water partition coefficient (Wildman–Crippen LogP) is 2.24. The number of phenols is 1. The van der Waals surface area contributed by atoms with Crippen LogP contribution in [0.15, 0.2) is 30.3 Å². The first kappa shape index (κ1) is 21.7. The fraction of sp³-hybridized carbons (Fsp3) is 0.286. The number of hydrogen-bond acceptors (Lipinski definition) is 6. The number of hydrogen-bond donors (Lipinski definition) is 3. The van der Waals surface area contributed by atoms with Crippen molar-refractivity contribution in [1.29, 1.82) is 0 Å². The molecule has 0 heterocycles. The fourth-order valence-electron chi connectivity index (χ4n) is 2.81. The third kappa shape index (κ3) is 5.97. The van der Waals surface area contributed by atoms with Gasteiger partial charge in [-0.3, -0.25) is 9.59 Å². The van der Waals surface area contributed by atoms with Crippen LogP contribution in [0.5, 0.6) is 11.5 Å². The van der Waals surface area contributed by atoms with E-state index in [1.807, 2.05) is 32.9 Å². The Bertz CT molecular complexity index is 916. The number of carbonyl (C=O) groups excluding carboxylic acids is 3. The summed E-state index contributed by atoms with van der Waals surface area (Å²) in [5, 5.41) is 14.9. The molecule has 0 aliphatic carbocycles. The van der Waals surface area contributed by atoms with Gasteiger partial charge < -0.3 is 25.2 Å². The molecule has 0 fully saturated rings. The molecule has 8 heteroatoms. The standard InChI is InChI=1S/C21H24N2O6/c1-12-7-13(2)20(14(3)8-12)23-18(25)10-22-19(26)11-29-21(27)16-9-15(28-4)5-6-17(16)24/h5-9,24H,10-11H2,1-4H3,(H,22,26)(H,23,25). The SMILES string of the molecule is COc1ccc(O)c(C(=O)OCC(=O)NCC(=O)Nc2c(C)cc(C)cc2C)c1. The van der Waals surface area contributed by atoms with Gasteiger partial charge in [-0.05, 0) is 50.1 Å². The summed E-state index contributed by atoms with van der Waals surface area (Å²) < 4.78 is 9.85. The molecule has 0 unspecified atom stereocenters. The molecule has 0 saturated heterocycles. The van der Waals surface area contributed by atoms with Crippen LogP contribution >= 0.6 is 0 Å². The van der Waals surface area contributed by atoms with Crippen LogP contribution in [0.25, 0.3) is 0 Å². The minimum Gasteiger partial charge on any atom is -0.507 e. The van der Waals surface area contributed by atoms with Gasteiger partial charge in [0.2, 0.25) is 5.91 Å². The molecular formula is C21H24N2O6. The average Bonchev–Trinajstić information content (AvgIpc) is 2.67. The van der Waals surface area contributed by atoms with Crippen molar-refractivity contribution < 1.29 is 29.0 Å². The second-order valence-electron chi connectivity index (χ2n) is 6.56. The Labute approximate surface area is 168 Å². The molecule has 0 aromatic heterocycles. The summed E-state index contributed by atoms with van der Waals surface area (Å²) in [7, 11) is 1.42. The van der Waals surface area contributed by atoms with E-state index >= 15 is 0 Å². The number of benzene rings is 2. The van der Waals surface area contributed by atoms with Gasteiger partial charge in [0.05, 0.1) is 13.7 Å². The number of phenolic OH excluding ortho intramolecular Hbond substituents is 1. The van der Waals surface area contributed by atoms with E-state index in [2.05, 4.69) is 10.6 Å². The largest absolute Gasteiger partial charge is 0.507 e. The van der Waals surface area contributed by atoms with Gasteiger partial charge in [-0.2, -0.15) is 0 Å². The van der Waals surface area contributed by atoms with Gasteiger partial charge in [-0.25, -0.2) is 4.79 Å². The van der Waals surface area contributed by atoms with Crippen LogP contribution in [0.4, 0.5) is 5.69 Å². The highest BCUT2D eigenvalue weighted by Gasteiger charge is 2.16. The zero-order valence-electron chi connectivity index (χ0n) is 16.8. The molecule has 29 heavy (non-hydrogen) atoms. The molecule has 8 nitrogen and oxygen atoms in total. The van der Waals surface area contributed by atoms with Crippen molar-refractivity contribution >= 4 is 23.5 Å². The second-order valence-corrected chi connectivity index (χ2v) is 6.56. The van der Waals surface area contributed by atoms with Crippen LogP contribution < -0.4 is 15.4 Å². The van der Waals surface area contributed by atoms with Gasteiger partial charge in [0.15, 0.2) is 6.61 Å². The molecule has 2 aromatic rings. The number of ether oxygens (including phenoxy) is 2. The molecule has 2 aromatic carbocycles. The molecular weight excluding hydrogens is 376 g/mol. The number of esters is 1. The molecule has 0 bridgehead atoms. The summed E-state index contributed by atoms with van der Waals surface area (Å²) >= 11 is 0. The highest BCUT2D eigenvalue weighted by molar-refractivity contribution is 5.97. The summed E-state index contributed by atoms with van der Waals surface area (Å²) in [6.07, 6.45) is 0. The molecule has 2 amide bonds. The van der Waals surface area contributed by atoms with Gasteiger partial charge in [0, 0.05) is 5.69 Å². The van der Waals surface area contributed by atoms with Crippen LogP contribution in [0, 0.1) is 20.8 Å². The summed E-state index contributed by atoms with van der Waals surface area (Å²) in [6, 6.07) is 7.97. The van der Waals surface area contributed by atoms with E-state index in [4.69, 9.17) is 9.47 Å². The molecule has 0 saturated carbocycles. The van der Waals surface area contributed by atoms with Gasteiger partial charge in [-0.15, -0.1) is 0 Å². The number of amides is 2. The molecule has 3 N–H and O–H groups in total. The Balaban J connectivity index is 1.84. The van der Waals surface area contributed by atoms with E-state index in [1.165, 1.54) is 25.3 Å². The number of nitrogens with one attached hydrogen (secondary N) is 2. The lowest BCUT2D eigenvalue weighted by molar-refractivity contribution is -0.126. The molecule has 0 spiro atoms. The molecule has 0 aliphatic heterocycles. The Morgan fingerprint density at radius 3 is 2.28 bits per heavy atom. The van der Waals surface area contributed by atoms with Gasteiger partial charge >= 0.3 is 5.97 Å². The summed E-state index contributed by atoms with van der Waals surface area (Å²) in [6.45, 7) is 4.89. The summed E-state index contributed by atoms with van der Waals surface area (Å²) in [5.41, 5.74) is 3.52. The molecule has 0 atom stereocenters. The molecule has 2 rings (SSSR count). The normalized spacial score (nSPS) is 10.2. The maximum atomic E-state index is 12.1. The molecule has 0 radical (unpaired) electrons.